The summed E-state index contributed by atoms with van der Waals surface area (Å²) in [6.45, 7) is 1.39. The van der Waals surface area contributed by atoms with Crippen LogP contribution in [0.3, 0.4) is 0 Å². The summed E-state index contributed by atoms with van der Waals surface area (Å²) in [7, 11) is 3.47. The highest BCUT2D eigenvalue weighted by molar-refractivity contribution is 5.73. The second kappa shape index (κ2) is 7.39. The number of pyridine rings is 1. The average molecular weight is 289 g/mol. The molecule has 0 atom stereocenters. The van der Waals surface area contributed by atoms with Crippen LogP contribution in [0.1, 0.15) is 5.56 Å². The molecule has 2 rings (SSSR count). The summed E-state index contributed by atoms with van der Waals surface area (Å²) in [6, 6.07) is 3.68. The number of aromatic nitrogens is 3. The van der Waals surface area contributed by atoms with E-state index >= 15 is 0 Å². The number of hydrogen-bond acceptors (Lipinski definition) is 4. The van der Waals surface area contributed by atoms with Crippen molar-refractivity contribution in [1.82, 2.24) is 25.4 Å². The number of methoxy groups -OCH3 is 1. The standard InChI is InChI=1S/C14H19N5O2/c1-19-13(3-4-18-19)12-7-11(8-15-10-12)9-17-14(20)16-5-6-21-2/h3-4,7-8,10H,5-6,9H2,1-2H3,(H2,16,17,20). The summed E-state index contributed by atoms with van der Waals surface area (Å²) in [5.41, 5.74) is 2.87. The Morgan fingerprint density at radius 2 is 2.24 bits per heavy atom. The second-order valence-corrected chi connectivity index (χ2v) is 4.52. The molecule has 0 aromatic carbocycles. The molecule has 0 spiro atoms. The van der Waals surface area contributed by atoms with E-state index in [1.54, 1.807) is 30.4 Å². The molecule has 0 fully saturated rings. The smallest absolute Gasteiger partial charge is 0.315 e. The maximum absolute atomic E-state index is 11.5. The van der Waals surface area contributed by atoms with E-state index in [1.807, 2.05) is 19.2 Å². The van der Waals surface area contributed by atoms with Crippen LogP contribution in [-0.2, 0) is 18.3 Å². The zero-order valence-corrected chi connectivity index (χ0v) is 12.2. The number of urea groups is 1. The monoisotopic (exact) mass is 289 g/mol. The summed E-state index contributed by atoms with van der Waals surface area (Å²) in [5.74, 6) is 0. The molecular weight excluding hydrogens is 270 g/mol. The average Bonchev–Trinajstić information content (AvgIpc) is 2.92. The Balaban J connectivity index is 1.93. The molecule has 0 aliphatic rings. The Morgan fingerprint density at radius 1 is 1.38 bits per heavy atom. The van der Waals surface area contributed by atoms with Crippen LogP contribution in [0.25, 0.3) is 11.3 Å². The molecule has 2 N–H and O–H groups in total. The molecular formula is C14H19N5O2. The second-order valence-electron chi connectivity index (χ2n) is 4.52. The van der Waals surface area contributed by atoms with Crippen molar-refractivity contribution in [3.05, 3.63) is 36.3 Å². The Bertz CT molecular complexity index is 597. The van der Waals surface area contributed by atoms with Crippen molar-refractivity contribution in [2.45, 2.75) is 6.54 Å². The third-order valence-corrected chi connectivity index (χ3v) is 2.96. The van der Waals surface area contributed by atoms with Crippen LogP contribution in [0.4, 0.5) is 4.79 Å². The summed E-state index contributed by atoms with van der Waals surface area (Å²) < 4.78 is 6.65. The van der Waals surface area contributed by atoms with Crippen LogP contribution in [0.2, 0.25) is 0 Å². The van der Waals surface area contributed by atoms with Crippen LogP contribution in [-0.4, -0.2) is 41.1 Å². The first-order chi connectivity index (χ1) is 10.2. The normalized spacial score (nSPS) is 10.4. The van der Waals surface area contributed by atoms with Crippen molar-refractivity contribution in [2.24, 2.45) is 7.05 Å². The highest BCUT2D eigenvalue weighted by atomic mass is 16.5. The summed E-state index contributed by atoms with van der Waals surface area (Å²) in [5, 5.41) is 9.61. The number of ether oxygens (including phenoxy) is 1. The van der Waals surface area contributed by atoms with Gasteiger partial charge in [-0.25, -0.2) is 4.79 Å². The van der Waals surface area contributed by atoms with Crippen molar-refractivity contribution < 1.29 is 9.53 Å². The fraction of sp³-hybridized carbons (Fsp3) is 0.357. The Morgan fingerprint density at radius 3 is 2.95 bits per heavy atom. The lowest BCUT2D eigenvalue weighted by Crippen LogP contribution is -2.36. The molecule has 0 aliphatic carbocycles. The Hall–Kier alpha value is -2.41. The molecule has 112 valence electrons. The molecule has 2 aromatic heterocycles. The molecule has 0 unspecified atom stereocenters. The fourth-order valence-electron chi connectivity index (χ4n) is 1.89. The van der Waals surface area contributed by atoms with Crippen molar-refractivity contribution in [3.63, 3.8) is 0 Å². The van der Waals surface area contributed by atoms with Crippen LogP contribution in [0.15, 0.2) is 30.7 Å². The third kappa shape index (κ3) is 4.28. The highest BCUT2D eigenvalue weighted by Crippen LogP contribution is 2.17. The van der Waals surface area contributed by atoms with Gasteiger partial charge in [0, 0.05) is 51.4 Å². The van der Waals surface area contributed by atoms with Crippen molar-refractivity contribution in [1.29, 1.82) is 0 Å². The number of nitrogens with one attached hydrogen (secondary N) is 2. The molecule has 0 saturated heterocycles. The molecule has 7 heteroatoms. The maximum atomic E-state index is 11.5. The predicted molar refractivity (Wildman–Crippen MR) is 78.6 cm³/mol. The molecule has 0 bridgehead atoms. The van der Waals surface area contributed by atoms with Gasteiger partial charge in [0.2, 0.25) is 0 Å². The number of hydrogen-bond donors (Lipinski definition) is 2. The first kappa shape index (κ1) is 15.0. The van der Waals surface area contributed by atoms with Gasteiger partial charge >= 0.3 is 6.03 Å². The van der Waals surface area contributed by atoms with Crippen molar-refractivity contribution >= 4 is 6.03 Å². The first-order valence-corrected chi connectivity index (χ1v) is 6.63. The van der Waals surface area contributed by atoms with Crippen LogP contribution in [0.5, 0.6) is 0 Å². The number of aryl methyl sites for hydroxylation is 1. The number of carbonyl (C=O) groups is 1. The number of carbonyl (C=O) groups excluding carboxylic acids is 1. The summed E-state index contributed by atoms with van der Waals surface area (Å²) in [6.07, 6.45) is 5.25. The first-order valence-electron chi connectivity index (χ1n) is 6.63. The van der Waals surface area contributed by atoms with E-state index in [0.717, 1.165) is 16.8 Å². The van der Waals surface area contributed by atoms with Gasteiger partial charge in [-0.1, -0.05) is 0 Å². The summed E-state index contributed by atoms with van der Waals surface area (Å²) in [4.78, 5) is 15.7. The number of nitrogens with zero attached hydrogens (tertiary/aromatic N) is 3. The van der Waals surface area contributed by atoms with E-state index in [9.17, 15) is 4.79 Å². The van der Waals surface area contributed by atoms with Crippen LogP contribution < -0.4 is 10.6 Å². The van der Waals surface area contributed by atoms with Crippen molar-refractivity contribution in [2.75, 3.05) is 20.3 Å². The minimum absolute atomic E-state index is 0.224. The third-order valence-electron chi connectivity index (χ3n) is 2.96. The van der Waals surface area contributed by atoms with Gasteiger partial charge in [-0.3, -0.25) is 9.67 Å². The molecule has 2 amide bonds. The van der Waals surface area contributed by atoms with Gasteiger partial charge in [0.05, 0.1) is 12.3 Å². The van der Waals surface area contributed by atoms with E-state index in [4.69, 9.17) is 4.74 Å². The van der Waals surface area contributed by atoms with E-state index in [1.165, 1.54) is 0 Å². The van der Waals surface area contributed by atoms with Crippen LogP contribution >= 0.6 is 0 Å². The fourth-order valence-corrected chi connectivity index (χ4v) is 1.89. The molecule has 21 heavy (non-hydrogen) atoms. The molecule has 0 aliphatic heterocycles. The minimum atomic E-state index is -0.224. The molecule has 7 nitrogen and oxygen atoms in total. The quantitative estimate of drug-likeness (QED) is 0.775. The van der Waals surface area contributed by atoms with E-state index in [-0.39, 0.29) is 6.03 Å². The van der Waals surface area contributed by atoms with E-state index < -0.39 is 0 Å². The molecule has 2 aromatic rings. The molecule has 0 radical (unpaired) electrons. The molecule has 2 heterocycles. The zero-order chi connectivity index (χ0) is 15.1. The van der Waals surface area contributed by atoms with Gasteiger partial charge < -0.3 is 15.4 Å². The zero-order valence-electron chi connectivity index (χ0n) is 12.2. The number of rotatable bonds is 6. The predicted octanol–water partition coefficient (Wildman–Crippen LogP) is 0.928. The van der Waals surface area contributed by atoms with Gasteiger partial charge in [0.15, 0.2) is 0 Å². The van der Waals surface area contributed by atoms with Gasteiger partial charge in [-0.15, -0.1) is 0 Å². The summed E-state index contributed by atoms with van der Waals surface area (Å²) >= 11 is 0. The lowest BCUT2D eigenvalue weighted by atomic mass is 10.1. The molecule has 0 saturated carbocycles. The Kier molecular flexibility index (Phi) is 5.28. The minimum Gasteiger partial charge on any atom is -0.383 e. The topological polar surface area (TPSA) is 81.1 Å². The van der Waals surface area contributed by atoms with E-state index in [2.05, 4.69) is 20.7 Å². The van der Waals surface area contributed by atoms with Crippen molar-refractivity contribution in [3.8, 4) is 11.3 Å². The van der Waals surface area contributed by atoms with Gasteiger partial charge in [0.25, 0.3) is 0 Å². The maximum Gasteiger partial charge on any atom is 0.315 e. The highest BCUT2D eigenvalue weighted by Gasteiger charge is 2.05. The lowest BCUT2D eigenvalue weighted by Gasteiger charge is -2.08. The van der Waals surface area contributed by atoms with Gasteiger partial charge in [-0.05, 0) is 17.7 Å². The van der Waals surface area contributed by atoms with E-state index in [0.29, 0.717) is 19.7 Å². The largest absolute Gasteiger partial charge is 0.383 e. The SMILES string of the molecule is COCCNC(=O)NCc1cncc(-c2ccnn2C)c1. The Labute approximate surface area is 123 Å². The van der Waals surface area contributed by atoms with Gasteiger partial charge in [0.1, 0.15) is 0 Å². The van der Waals surface area contributed by atoms with Crippen LogP contribution in [0, 0.1) is 0 Å². The number of amides is 2. The lowest BCUT2D eigenvalue weighted by molar-refractivity contribution is 0.196. The van der Waals surface area contributed by atoms with Gasteiger partial charge in [-0.2, -0.15) is 5.10 Å².